The summed E-state index contributed by atoms with van der Waals surface area (Å²) in [6, 6.07) is 1.47. The van der Waals surface area contributed by atoms with Gasteiger partial charge in [0.1, 0.15) is 0 Å². The monoisotopic (exact) mass is 260 g/mol. The highest BCUT2D eigenvalue weighted by atomic mass is 15.4. The van der Waals surface area contributed by atoms with Crippen molar-refractivity contribution < 1.29 is 0 Å². The van der Waals surface area contributed by atoms with E-state index in [1.165, 1.54) is 36.9 Å². The SMILES string of the molecule is Cc1cnnc(N2CC(N3CCCCC3C)C2)c1C. The van der Waals surface area contributed by atoms with Crippen molar-refractivity contribution in [2.75, 3.05) is 24.5 Å². The fraction of sp³-hybridized carbons (Fsp3) is 0.733. The summed E-state index contributed by atoms with van der Waals surface area (Å²) in [4.78, 5) is 5.07. The van der Waals surface area contributed by atoms with Gasteiger partial charge in [0.15, 0.2) is 5.82 Å². The molecule has 4 nitrogen and oxygen atoms in total. The Bertz CT molecular complexity index is 453. The summed E-state index contributed by atoms with van der Waals surface area (Å²) < 4.78 is 0. The maximum Gasteiger partial charge on any atom is 0.154 e. The maximum absolute atomic E-state index is 4.32. The zero-order chi connectivity index (χ0) is 13.4. The molecule has 3 heterocycles. The van der Waals surface area contributed by atoms with Crippen LogP contribution in [0.15, 0.2) is 6.20 Å². The summed E-state index contributed by atoms with van der Waals surface area (Å²) >= 11 is 0. The van der Waals surface area contributed by atoms with Crippen LogP contribution in [0.5, 0.6) is 0 Å². The van der Waals surface area contributed by atoms with E-state index in [0.717, 1.165) is 31.0 Å². The van der Waals surface area contributed by atoms with E-state index >= 15 is 0 Å². The highest BCUT2D eigenvalue weighted by Crippen LogP contribution is 2.29. The van der Waals surface area contributed by atoms with E-state index in [9.17, 15) is 0 Å². The Hall–Kier alpha value is -1.16. The van der Waals surface area contributed by atoms with Gasteiger partial charge in [0.05, 0.1) is 6.20 Å². The van der Waals surface area contributed by atoms with Crippen LogP contribution in [0.3, 0.4) is 0 Å². The largest absolute Gasteiger partial charge is 0.352 e. The van der Waals surface area contributed by atoms with Crippen molar-refractivity contribution in [1.29, 1.82) is 0 Å². The molecule has 0 aromatic carbocycles. The van der Waals surface area contributed by atoms with Crippen molar-refractivity contribution in [3.05, 3.63) is 17.3 Å². The second kappa shape index (κ2) is 5.08. The molecule has 1 atom stereocenters. The Labute approximate surface area is 115 Å². The fourth-order valence-electron chi connectivity index (χ4n) is 3.32. The van der Waals surface area contributed by atoms with E-state index in [1.807, 2.05) is 6.20 Å². The van der Waals surface area contributed by atoms with Crippen LogP contribution in [0.4, 0.5) is 5.82 Å². The summed E-state index contributed by atoms with van der Waals surface area (Å²) in [7, 11) is 0. The summed E-state index contributed by atoms with van der Waals surface area (Å²) in [6.07, 6.45) is 5.98. The van der Waals surface area contributed by atoms with Gasteiger partial charge >= 0.3 is 0 Å². The first-order valence-electron chi connectivity index (χ1n) is 7.46. The minimum Gasteiger partial charge on any atom is -0.352 e. The van der Waals surface area contributed by atoms with Gasteiger partial charge in [-0.15, -0.1) is 5.10 Å². The Morgan fingerprint density at radius 2 is 2.00 bits per heavy atom. The Morgan fingerprint density at radius 3 is 2.74 bits per heavy atom. The van der Waals surface area contributed by atoms with Crippen LogP contribution in [-0.2, 0) is 0 Å². The van der Waals surface area contributed by atoms with Crippen LogP contribution in [0.1, 0.15) is 37.3 Å². The molecule has 0 amide bonds. The minimum atomic E-state index is 0.719. The maximum atomic E-state index is 4.32. The summed E-state index contributed by atoms with van der Waals surface area (Å²) in [6.45, 7) is 10.1. The second-order valence-corrected chi connectivity index (χ2v) is 6.12. The number of aryl methyl sites for hydroxylation is 1. The summed E-state index contributed by atoms with van der Waals surface area (Å²) in [5, 5.41) is 8.41. The molecule has 104 valence electrons. The van der Waals surface area contributed by atoms with E-state index in [4.69, 9.17) is 0 Å². The van der Waals surface area contributed by atoms with Crippen molar-refractivity contribution in [2.24, 2.45) is 0 Å². The van der Waals surface area contributed by atoms with Crippen molar-refractivity contribution in [3.8, 4) is 0 Å². The van der Waals surface area contributed by atoms with E-state index in [-0.39, 0.29) is 0 Å². The van der Waals surface area contributed by atoms with Crippen molar-refractivity contribution in [2.45, 2.75) is 52.1 Å². The third-order valence-electron chi connectivity index (χ3n) is 4.82. The molecule has 0 N–H and O–H groups in total. The van der Waals surface area contributed by atoms with Crippen LogP contribution in [0.25, 0.3) is 0 Å². The zero-order valence-electron chi connectivity index (χ0n) is 12.3. The Balaban J connectivity index is 1.64. The Kier molecular flexibility index (Phi) is 3.44. The molecule has 19 heavy (non-hydrogen) atoms. The van der Waals surface area contributed by atoms with Crippen LogP contribution in [-0.4, -0.2) is 46.8 Å². The van der Waals surface area contributed by atoms with Crippen LogP contribution in [0.2, 0.25) is 0 Å². The normalized spacial score (nSPS) is 25.4. The van der Waals surface area contributed by atoms with Gasteiger partial charge in [-0.05, 0) is 51.3 Å². The molecule has 0 aliphatic carbocycles. The first-order valence-corrected chi connectivity index (χ1v) is 7.46. The lowest BCUT2D eigenvalue weighted by Gasteiger charge is -2.49. The number of nitrogens with zero attached hydrogens (tertiary/aromatic N) is 4. The first kappa shape index (κ1) is 12.9. The van der Waals surface area contributed by atoms with Gasteiger partial charge in [0, 0.05) is 25.2 Å². The fourth-order valence-corrected chi connectivity index (χ4v) is 3.32. The number of hydrogen-bond acceptors (Lipinski definition) is 4. The molecule has 3 rings (SSSR count). The number of likely N-dealkylation sites (tertiary alicyclic amines) is 1. The molecular weight excluding hydrogens is 236 g/mol. The molecule has 0 saturated carbocycles. The molecule has 2 aliphatic heterocycles. The quantitative estimate of drug-likeness (QED) is 0.815. The van der Waals surface area contributed by atoms with Crippen molar-refractivity contribution in [1.82, 2.24) is 15.1 Å². The smallest absolute Gasteiger partial charge is 0.154 e. The van der Waals surface area contributed by atoms with E-state index in [2.05, 4.69) is 40.8 Å². The van der Waals surface area contributed by atoms with Crippen LogP contribution >= 0.6 is 0 Å². The topological polar surface area (TPSA) is 32.3 Å². The van der Waals surface area contributed by atoms with E-state index < -0.39 is 0 Å². The van der Waals surface area contributed by atoms with Gasteiger partial charge in [-0.3, -0.25) is 4.90 Å². The molecule has 2 aliphatic rings. The average Bonchev–Trinajstić information content (AvgIpc) is 2.35. The molecule has 1 aromatic heterocycles. The van der Waals surface area contributed by atoms with Gasteiger partial charge in [0.2, 0.25) is 0 Å². The van der Waals surface area contributed by atoms with E-state index in [0.29, 0.717) is 0 Å². The summed E-state index contributed by atoms with van der Waals surface area (Å²) in [5.41, 5.74) is 2.51. The number of hydrogen-bond donors (Lipinski definition) is 0. The molecule has 1 unspecified atom stereocenters. The van der Waals surface area contributed by atoms with Crippen LogP contribution in [0, 0.1) is 13.8 Å². The molecule has 4 heteroatoms. The number of anilines is 1. The Morgan fingerprint density at radius 1 is 1.21 bits per heavy atom. The molecule has 0 spiro atoms. The van der Waals surface area contributed by atoms with Crippen molar-refractivity contribution >= 4 is 5.82 Å². The number of piperidine rings is 1. The second-order valence-electron chi connectivity index (χ2n) is 6.12. The van der Waals surface area contributed by atoms with Crippen LogP contribution < -0.4 is 4.90 Å². The van der Waals surface area contributed by atoms with Gasteiger partial charge < -0.3 is 4.90 Å². The van der Waals surface area contributed by atoms with Gasteiger partial charge in [-0.25, -0.2) is 0 Å². The molecule has 2 fully saturated rings. The third kappa shape index (κ3) is 2.34. The van der Waals surface area contributed by atoms with Gasteiger partial charge in [-0.1, -0.05) is 6.42 Å². The van der Waals surface area contributed by atoms with Gasteiger partial charge in [-0.2, -0.15) is 5.10 Å². The standard InChI is InChI=1S/C15H24N4/c1-11-8-16-17-15(13(11)3)18-9-14(10-18)19-7-5-4-6-12(19)2/h8,12,14H,4-7,9-10H2,1-3H3. The van der Waals surface area contributed by atoms with E-state index in [1.54, 1.807) is 0 Å². The lowest BCUT2D eigenvalue weighted by Crippen LogP contribution is -2.62. The first-order chi connectivity index (χ1) is 9.16. The number of aromatic nitrogens is 2. The average molecular weight is 260 g/mol. The number of rotatable bonds is 2. The zero-order valence-corrected chi connectivity index (χ0v) is 12.3. The molecule has 0 bridgehead atoms. The highest BCUT2D eigenvalue weighted by Gasteiger charge is 2.36. The molecule has 2 saturated heterocycles. The molecular formula is C15H24N4. The predicted molar refractivity (Wildman–Crippen MR) is 77.5 cm³/mol. The highest BCUT2D eigenvalue weighted by molar-refractivity contribution is 5.50. The van der Waals surface area contributed by atoms with Crippen molar-refractivity contribution in [3.63, 3.8) is 0 Å². The molecule has 1 aromatic rings. The van der Waals surface area contributed by atoms with Gasteiger partial charge in [0.25, 0.3) is 0 Å². The third-order valence-corrected chi connectivity index (χ3v) is 4.82. The predicted octanol–water partition coefficient (Wildman–Crippen LogP) is 2.16. The summed E-state index contributed by atoms with van der Waals surface area (Å²) in [5.74, 6) is 1.08. The lowest BCUT2D eigenvalue weighted by molar-refractivity contribution is 0.0871. The lowest BCUT2D eigenvalue weighted by atomic mass is 9.97. The minimum absolute atomic E-state index is 0.719. The molecule has 0 radical (unpaired) electrons.